The van der Waals surface area contributed by atoms with E-state index < -0.39 is 11.8 Å². The molecule has 10 heteroatoms. The Bertz CT molecular complexity index is 1530. The minimum Gasteiger partial charge on any atom is -0.497 e. The molecule has 3 aromatic carbocycles. The van der Waals surface area contributed by atoms with E-state index in [1.54, 1.807) is 65.2 Å². The van der Waals surface area contributed by atoms with E-state index in [0.29, 0.717) is 40.1 Å². The summed E-state index contributed by atoms with van der Waals surface area (Å²) in [5.41, 5.74) is 1.48. The van der Waals surface area contributed by atoms with E-state index in [9.17, 15) is 14.7 Å². The predicted molar refractivity (Wildman–Crippen MR) is 145 cm³/mol. The summed E-state index contributed by atoms with van der Waals surface area (Å²) in [5, 5.41) is 21.9. The number of hydrogen-bond acceptors (Lipinski definition) is 6. The summed E-state index contributed by atoms with van der Waals surface area (Å²) in [5.74, 6) is -0.281. The fourth-order valence-electron chi connectivity index (χ4n) is 3.87. The lowest BCUT2D eigenvalue weighted by molar-refractivity contribution is -0.115. The van der Waals surface area contributed by atoms with Gasteiger partial charge in [0.1, 0.15) is 17.2 Å². The fourth-order valence-corrected chi connectivity index (χ4v) is 4.04. The number of methoxy groups -OCH3 is 2. The molecular formula is C28H25ClN4O5. The highest BCUT2D eigenvalue weighted by Crippen LogP contribution is 2.39. The van der Waals surface area contributed by atoms with Gasteiger partial charge in [0, 0.05) is 28.9 Å². The van der Waals surface area contributed by atoms with Crippen LogP contribution in [0.4, 0.5) is 5.69 Å². The van der Waals surface area contributed by atoms with Gasteiger partial charge in [-0.3, -0.25) is 9.59 Å². The lowest BCUT2D eigenvalue weighted by Gasteiger charge is -2.10. The average molecular weight is 533 g/mol. The number of aryl methyl sites for hydroxylation is 1. The highest BCUT2D eigenvalue weighted by atomic mass is 35.5. The molecule has 0 spiro atoms. The number of aromatic nitrogens is 1. The molecule has 0 fully saturated rings. The van der Waals surface area contributed by atoms with Gasteiger partial charge in [-0.05, 0) is 42.5 Å². The van der Waals surface area contributed by atoms with Gasteiger partial charge >= 0.3 is 5.91 Å². The number of azo groups is 1. The summed E-state index contributed by atoms with van der Waals surface area (Å²) in [4.78, 5) is 26.2. The third kappa shape index (κ3) is 5.68. The number of benzene rings is 3. The fraction of sp³-hybridized carbons (Fsp3) is 0.143. The maximum absolute atomic E-state index is 13.3. The number of alkyl halides is 1. The van der Waals surface area contributed by atoms with Crippen LogP contribution in [0.25, 0.3) is 17.0 Å². The van der Waals surface area contributed by atoms with Gasteiger partial charge in [0.2, 0.25) is 5.88 Å². The maximum Gasteiger partial charge on any atom is 0.311 e. The number of aromatic hydroxyl groups is 1. The molecule has 0 unspecified atom stereocenters. The Labute approximate surface area is 224 Å². The maximum atomic E-state index is 13.3. The van der Waals surface area contributed by atoms with Crippen LogP contribution in [0.2, 0.25) is 0 Å². The second-order valence-electron chi connectivity index (χ2n) is 8.02. The molecule has 0 radical (unpaired) electrons. The molecule has 0 bridgehead atoms. The van der Waals surface area contributed by atoms with Crippen molar-refractivity contribution in [2.45, 2.75) is 6.54 Å². The molecule has 4 aromatic rings. The number of carbonyl (C=O) groups excluding carboxylic acids is 2. The van der Waals surface area contributed by atoms with Crippen molar-refractivity contribution < 1.29 is 24.2 Å². The number of nitrogens with zero attached hydrogens (tertiary/aromatic N) is 3. The highest BCUT2D eigenvalue weighted by molar-refractivity contribution is 6.17. The third-order valence-corrected chi connectivity index (χ3v) is 5.89. The van der Waals surface area contributed by atoms with Crippen LogP contribution in [0.3, 0.4) is 0 Å². The lowest BCUT2D eigenvalue weighted by atomic mass is 10.1. The van der Waals surface area contributed by atoms with Crippen molar-refractivity contribution in [2.75, 3.05) is 20.1 Å². The van der Waals surface area contributed by atoms with Crippen LogP contribution < -0.4 is 14.8 Å². The molecule has 1 aromatic heterocycles. The molecule has 0 aliphatic rings. The highest BCUT2D eigenvalue weighted by Gasteiger charge is 2.19. The number of rotatable bonds is 9. The molecule has 0 atom stereocenters. The normalized spacial score (nSPS) is 11.6. The second-order valence-corrected chi connectivity index (χ2v) is 8.40. The van der Waals surface area contributed by atoms with E-state index >= 15 is 0 Å². The van der Waals surface area contributed by atoms with Crippen LogP contribution in [0.1, 0.15) is 15.9 Å². The Hall–Kier alpha value is -4.63. The van der Waals surface area contributed by atoms with E-state index in [1.165, 1.54) is 20.3 Å². The van der Waals surface area contributed by atoms with Gasteiger partial charge in [0.15, 0.2) is 5.69 Å². The Kier molecular flexibility index (Phi) is 8.40. The standard InChI is InChI=1S/C28H25ClN4O5/c1-37-20-12-13-24(38-2)19(16-20)17-22(30-26(34)18-8-4-3-5-9-18)27(35)32-31-25-21-10-6-7-11-23(21)33(15-14-29)28(25)36/h3-13,16-17,36H,14-15H2,1-2H3,(H,30,34)/b22-17-,32-31?. The Morgan fingerprint density at radius 2 is 1.76 bits per heavy atom. The van der Waals surface area contributed by atoms with E-state index in [4.69, 9.17) is 21.1 Å². The zero-order valence-electron chi connectivity index (χ0n) is 20.7. The van der Waals surface area contributed by atoms with Gasteiger partial charge in [0.25, 0.3) is 5.91 Å². The largest absolute Gasteiger partial charge is 0.497 e. The first-order valence-electron chi connectivity index (χ1n) is 11.6. The molecule has 0 saturated carbocycles. The number of nitrogens with one attached hydrogen (secondary N) is 1. The average Bonchev–Trinajstić information content (AvgIpc) is 3.22. The van der Waals surface area contributed by atoms with Gasteiger partial charge in [-0.25, -0.2) is 0 Å². The van der Waals surface area contributed by atoms with Crippen LogP contribution in [-0.4, -0.2) is 41.6 Å². The minimum absolute atomic E-state index is 0.117. The predicted octanol–water partition coefficient (Wildman–Crippen LogP) is 5.68. The number of hydrogen-bond donors (Lipinski definition) is 2. The number of ether oxygens (including phenoxy) is 2. The van der Waals surface area contributed by atoms with Gasteiger partial charge in [-0.1, -0.05) is 36.4 Å². The van der Waals surface area contributed by atoms with Crippen molar-refractivity contribution in [1.29, 1.82) is 0 Å². The number of halogens is 1. The van der Waals surface area contributed by atoms with E-state index in [-0.39, 0.29) is 23.1 Å². The third-order valence-electron chi connectivity index (χ3n) is 5.72. The first-order valence-corrected chi connectivity index (χ1v) is 12.1. The summed E-state index contributed by atoms with van der Waals surface area (Å²) in [6, 6.07) is 20.7. The molecule has 2 N–H and O–H groups in total. The van der Waals surface area contributed by atoms with Crippen molar-refractivity contribution in [1.82, 2.24) is 9.88 Å². The number of para-hydroxylation sites is 1. The molecule has 1 heterocycles. The Morgan fingerprint density at radius 3 is 2.47 bits per heavy atom. The number of amides is 2. The quantitative estimate of drug-likeness (QED) is 0.163. The summed E-state index contributed by atoms with van der Waals surface area (Å²) in [6.07, 6.45) is 1.43. The monoisotopic (exact) mass is 532 g/mol. The van der Waals surface area contributed by atoms with Crippen LogP contribution in [0.15, 0.2) is 88.7 Å². The molecule has 194 valence electrons. The van der Waals surface area contributed by atoms with Crippen LogP contribution in [0.5, 0.6) is 17.4 Å². The summed E-state index contributed by atoms with van der Waals surface area (Å²) in [7, 11) is 3.00. The molecule has 9 nitrogen and oxygen atoms in total. The molecule has 4 rings (SSSR count). The van der Waals surface area contributed by atoms with E-state index in [0.717, 1.165) is 0 Å². The molecular weight excluding hydrogens is 508 g/mol. The summed E-state index contributed by atoms with van der Waals surface area (Å²) < 4.78 is 12.3. The first-order chi connectivity index (χ1) is 18.5. The van der Waals surface area contributed by atoms with E-state index in [2.05, 4.69) is 15.5 Å². The minimum atomic E-state index is -0.840. The first kappa shape index (κ1) is 26.4. The molecule has 0 aliphatic heterocycles. The molecule has 38 heavy (non-hydrogen) atoms. The summed E-state index contributed by atoms with van der Waals surface area (Å²) >= 11 is 5.90. The SMILES string of the molecule is COc1ccc(OC)c(/C=C(\NC(=O)c2ccccc2)C(=O)N=Nc2c(O)n(CCCl)c3ccccc23)c1. The lowest BCUT2D eigenvalue weighted by Crippen LogP contribution is -2.26. The van der Waals surface area contributed by atoms with Crippen LogP contribution in [-0.2, 0) is 11.3 Å². The van der Waals surface area contributed by atoms with Crippen LogP contribution in [0, 0.1) is 0 Å². The van der Waals surface area contributed by atoms with E-state index in [1.807, 2.05) is 12.1 Å². The van der Waals surface area contributed by atoms with Crippen molar-refractivity contribution in [3.05, 3.63) is 89.6 Å². The zero-order valence-corrected chi connectivity index (χ0v) is 21.5. The van der Waals surface area contributed by atoms with Crippen LogP contribution >= 0.6 is 11.6 Å². The molecule has 2 amide bonds. The smallest absolute Gasteiger partial charge is 0.311 e. The zero-order chi connectivity index (χ0) is 27.1. The summed E-state index contributed by atoms with van der Waals surface area (Å²) in [6.45, 7) is 0.339. The van der Waals surface area contributed by atoms with Crippen molar-refractivity contribution in [2.24, 2.45) is 10.2 Å². The number of carbonyl (C=O) groups is 2. The Morgan fingerprint density at radius 1 is 1.03 bits per heavy atom. The van der Waals surface area contributed by atoms with Crippen molar-refractivity contribution in [3.8, 4) is 17.4 Å². The second kappa shape index (κ2) is 12.1. The molecule has 0 saturated heterocycles. The van der Waals surface area contributed by atoms with Crippen molar-refractivity contribution in [3.63, 3.8) is 0 Å². The number of fused-ring (bicyclic) bond motifs is 1. The van der Waals surface area contributed by atoms with Gasteiger partial charge < -0.3 is 24.5 Å². The Balaban J connectivity index is 1.75. The van der Waals surface area contributed by atoms with Gasteiger partial charge in [-0.2, -0.15) is 0 Å². The van der Waals surface area contributed by atoms with Crippen molar-refractivity contribution >= 4 is 46.1 Å². The molecule has 0 aliphatic carbocycles. The van der Waals surface area contributed by atoms with Gasteiger partial charge in [0.05, 0.1) is 19.7 Å². The van der Waals surface area contributed by atoms with Gasteiger partial charge in [-0.15, -0.1) is 21.8 Å². The topological polar surface area (TPSA) is 115 Å².